The van der Waals surface area contributed by atoms with E-state index in [0.29, 0.717) is 0 Å². The molecule has 1 heterocycles. The van der Waals surface area contributed by atoms with Gasteiger partial charge < -0.3 is 15.4 Å². The molecule has 0 saturated carbocycles. The Hall–Kier alpha value is 0. The molecule has 0 aromatic heterocycles. The van der Waals surface area contributed by atoms with Crippen molar-refractivity contribution < 1.29 is 4.74 Å². The third kappa shape index (κ3) is 6.22. The topological polar surface area (TPSA) is 33.3 Å². The first kappa shape index (κ1) is 13.1. The fraction of sp³-hybridized carbons (Fsp3) is 0.900. The summed E-state index contributed by atoms with van der Waals surface area (Å²) in [6.45, 7) is 2.69. The Morgan fingerprint density at radius 2 is 2.40 bits per heavy atom. The molecule has 0 aromatic rings. The van der Waals surface area contributed by atoms with Crippen LogP contribution in [0.4, 0.5) is 0 Å². The third-order valence-corrected chi connectivity index (χ3v) is 3.91. The molecule has 0 spiro atoms. The highest BCUT2D eigenvalue weighted by Gasteiger charge is 2.14. The third-order valence-electron chi connectivity index (χ3n) is 2.39. The Morgan fingerprint density at radius 3 is 3.07 bits per heavy atom. The lowest BCUT2D eigenvalue weighted by Crippen LogP contribution is -2.38. The average Bonchev–Trinajstić information content (AvgIpc) is 2.74. The van der Waals surface area contributed by atoms with Gasteiger partial charge in [0, 0.05) is 26.8 Å². The summed E-state index contributed by atoms with van der Waals surface area (Å²) in [5.74, 6) is 3.38. The number of rotatable bonds is 6. The maximum Gasteiger partial charge on any atom is 0.166 e. The molecule has 1 saturated heterocycles. The van der Waals surface area contributed by atoms with E-state index in [2.05, 4.69) is 10.6 Å². The quantitative estimate of drug-likeness (QED) is 0.546. The van der Waals surface area contributed by atoms with E-state index in [-0.39, 0.29) is 0 Å². The Balaban J connectivity index is 1.93. The maximum absolute atomic E-state index is 5.17. The molecule has 1 unspecified atom stereocenters. The van der Waals surface area contributed by atoms with Crippen molar-refractivity contribution in [2.75, 3.05) is 38.3 Å². The lowest BCUT2D eigenvalue weighted by atomic mass is 10.1. The Bertz CT molecular complexity index is 184. The lowest BCUT2D eigenvalue weighted by Gasteiger charge is -2.13. The molecular formula is C10H20N2OS2. The summed E-state index contributed by atoms with van der Waals surface area (Å²) in [6, 6.07) is 0. The standard InChI is InChI=1S/C10H20N2OS2/c1-13-5-2-4-11-10(14)12-7-9-3-6-15-8-9/h9H,2-8H2,1H3,(H2,11,12,14). The van der Waals surface area contributed by atoms with Gasteiger partial charge in [-0.15, -0.1) is 0 Å². The molecule has 2 N–H and O–H groups in total. The molecule has 0 amide bonds. The number of thioether (sulfide) groups is 1. The Morgan fingerprint density at radius 1 is 1.53 bits per heavy atom. The van der Waals surface area contributed by atoms with Crippen LogP contribution in [0.25, 0.3) is 0 Å². The van der Waals surface area contributed by atoms with Crippen molar-refractivity contribution in [3.8, 4) is 0 Å². The van der Waals surface area contributed by atoms with Crippen molar-refractivity contribution in [3.63, 3.8) is 0 Å². The zero-order valence-corrected chi connectivity index (χ0v) is 10.9. The first-order chi connectivity index (χ1) is 7.33. The van der Waals surface area contributed by atoms with Crippen LogP contribution in [0.2, 0.25) is 0 Å². The van der Waals surface area contributed by atoms with Gasteiger partial charge in [0.25, 0.3) is 0 Å². The molecule has 0 radical (unpaired) electrons. The monoisotopic (exact) mass is 248 g/mol. The van der Waals surface area contributed by atoms with E-state index < -0.39 is 0 Å². The van der Waals surface area contributed by atoms with Crippen LogP contribution in [-0.4, -0.2) is 43.4 Å². The molecular weight excluding hydrogens is 228 g/mol. The molecule has 1 rings (SSSR count). The maximum atomic E-state index is 5.17. The second-order valence-electron chi connectivity index (χ2n) is 3.71. The fourth-order valence-electron chi connectivity index (χ4n) is 1.46. The largest absolute Gasteiger partial charge is 0.385 e. The SMILES string of the molecule is COCCCNC(=S)NCC1CCSC1. The second kappa shape index (κ2) is 8.19. The fourth-order valence-corrected chi connectivity index (χ4v) is 2.93. The molecule has 0 aliphatic carbocycles. The van der Waals surface area contributed by atoms with Crippen molar-refractivity contribution >= 4 is 29.1 Å². The molecule has 3 nitrogen and oxygen atoms in total. The summed E-state index contributed by atoms with van der Waals surface area (Å²) in [6.07, 6.45) is 2.32. The summed E-state index contributed by atoms with van der Waals surface area (Å²) in [7, 11) is 1.72. The van der Waals surface area contributed by atoms with Gasteiger partial charge in [-0.05, 0) is 42.5 Å². The van der Waals surface area contributed by atoms with E-state index in [0.717, 1.165) is 37.1 Å². The van der Waals surface area contributed by atoms with Gasteiger partial charge in [-0.1, -0.05) is 0 Å². The number of methoxy groups -OCH3 is 1. The second-order valence-corrected chi connectivity index (χ2v) is 5.27. The molecule has 15 heavy (non-hydrogen) atoms. The highest BCUT2D eigenvalue weighted by molar-refractivity contribution is 7.99. The van der Waals surface area contributed by atoms with Crippen molar-refractivity contribution in [2.24, 2.45) is 5.92 Å². The molecule has 0 bridgehead atoms. The van der Waals surface area contributed by atoms with E-state index >= 15 is 0 Å². The minimum absolute atomic E-state index is 0.781. The summed E-state index contributed by atoms with van der Waals surface area (Å²) in [5, 5.41) is 7.22. The first-order valence-corrected chi connectivity index (χ1v) is 6.97. The summed E-state index contributed by atoms with van der Waals surface area (Å²) >= 11 is 7.21. The number of ether oxygens (including phenoxy) is 1. The molecule has 5 heteroatoms. The van der Waals surface area contributed by atoms with Crippen LogP contribution in [0, 0.1) is 5.92 Å². The first-order valence-electron chi connectivity index (χ1n) is 5.41. The van der Waals surface area contributed by atoms with Crippen molar-refractivity contribution in [3.05, 3.63) is 0 Å². The molecule has 1 fully saturated rings. The van der Waals surface area contributed by atoms with Crippen LogP contribution in [-0.2, 0) is 4.74 Å². The predicted octanol–water partition coefficient (Wildman–Crippen LogP) is 1.24. The van der Waals surface area contributed by atoms with Crippen LogP contribution >= 0.6 is 24.0 Å². The smallest absolute Gasteiger partial charge is 0.166 e. The van der Waals surface area contributed by atoms with Gasteiger partial charge in [0.2, 0.25) is 0 Å². The van der Waals surface area contributed by atoms with Gasteiger partial charge in [-0.25, -0.2) is 0 Å². The van der Waals surface area contributed by atoms with Crippen molar-refractivity contribution in [2.45, 2.75) is 12.8 Å². The summed E-state index contributed by atoms with van der Waals surface area (Å²) < 4.78 is 4.96. The number of nitrogens with one attached hydrogen (secondary N) is 2. The van der Waals surface area contributed by atoms with E-state index in [1.165, 1.54) is 17.9 Å². The van der Waals surface area contributed by atoms with E-state index in [1.54, 1.807) is 7.11 Å². The zero-order chi connectivity index (χ0) is 10.9. The van der Waals surface area contributed by atoms with E-state index in [4.69, 9.17) is 17.0 Å². The Kier molecular flexibility index (Phi) is 7.13. The number of thiocarbonyl (C=S) groups is 1. The van der Waals surface area contributed by atoms with Gasteiger partial charge in [0.1, 0.15) is 0 Å². The highest BCUT2D eigenvalue weighted by Crippen LogP contribution is 2.22. The summed E-state index contributed by atoms with van der Waals surface area (Å²) in [4.78, 5) is 0. The van der Waals surface area contributed by atoms with Gasteiger partial charge in [-0.3, -0.25) is 0 Å². The summed E-state index contributed by atoms with van der Waals surface area (Å²) in [5.41, 5.74) is 0. The van der Waals surface area contributed by atoms with Crippen LogP contribution in [0.15, 0.2) is 0 Å². The molecule has 1 aliphatic heterocycles. The molecule has 1 aliphatic rings. The van der Waals surface area contributed by atoms with E-state index in [1.807, 2.05) is 11.8 Å². The van der Waals surface area contributed by atoms with Crippen LogP contribution in [0.3, 0.4) is 0 Å². The van der Waals surface area contributed by atoms with Crippen LogP contribution in [0.1, 0.15) is 12.8 Å². The lowest BCUT2D eigenvalue weighted by molar-refractivity contribution is 0.195. The van der Waals surface area contributed by atoms with Gasteiger partial charge in [0.05, 0.1) is 0 Å². The van der Waals surface area contributed by atoms with Crippen LogP contribution < -0.4 is 10.6 Å². The molecule has 88 valence electrons. The number of hydrogen-bond acceptors (Lipinski definition) is 3. The van der Waals surface area contributed by atoms with E-state index in [9.17, 15) is 0 Å². The predicted molar refractivity (Wildman–Crippen MR) is 70.5 cm³/mol. The average molecular weight is 248 g/mol. The van der Waals surface area contributed by atoms with Crippen LogP contribution in [0.5, 0.6) is 0 Å². The Labute approximate surface area is 102 Å². The van der Waals surface area contributed by atoms with Gasteiger partial charge in [0.15, 0.2) is 5.11 Å². The van der Waals surface area contributed by atoms with Gasteiger partial charge in [-0.2, -0.15) is 11.8 Å². The zero-order valence-electron chi connectivity index (χ0n) is 9.25. The van der Waals surface area contributed by atoms with Gasteiger partial charge >= 0.3 is 0 Å². The number of hydrogen-bond donors (Lipinski definition) is 2. The highest BCUT2D eigenvalue weighted by atomic mass is 32.2. The normalized spacial score (nSPS) is 20.2. The molecule has 0 aromatic carbocycles. The van der Waals surface area contributed by atoms with Crippen molar-refractivity contribution in [1.82, 2.24) is 10.6 Å². The minimum Gasteiger partial charge on any atom is -0.385 e. The van der Waals surface area contributed by atoms with Crippen molar-refractivity contribution in [1.29, 1.82) is 0 Å². The minimum atomic E-state index is 0.781. The molecule has 1 atom stereocenters.